The molecular formula is C21H25FN4O2. The molecule has 1 aromatic carbocycles. The predicted molar refractivity (Wildman–Crippen MR) is 100 cm³/mol. The molecule has 3 fully saturated rings. The van der Waals surface area contributed by atoms with Crippen molar-refractivity contribution >= 4 is 11.8 Å². The van der Waals surface area contributed by atoms with Crippen molar-refractivity contribution < 1.29 is 14.0 Å². The second-order valence-electron chi connectivity index (χ2n) is 8.18. The second-order valence-corrected chi connectivity index (χ2v) is 8.18. The number of nitriles is 1. The summed E-state index contributed by atoms with van der Waals surface area (Å²) in [5.41, 5.74) is 0.799. The van der Waals surface area contributed by atoms with E-state index in [1.807, 2.05) is 17.9 Å². The molecule has 0 N–H and O–H groups in total. The molecule has 7 heteroatoms. The van der Waals surface area contributed by atoms with Gasteiger partial charge in [0.1, 0.15) is 11.9 Å². The van der Waals surface area contributed by atoms with Gasteiger partial charge in [0.05, 0.1) is 12.1 Å². The molecule has 1 unspecified atom stereocenters. The van der Waals surface area contributed by atoms with Crippen LogP contribution < -0.4 is 0 Å². The molecule has 0 radical (unpaired) electrons. The molecule has 0 aliphatic carbocycles. The first kappa shape index (κ1) is 18.9. The van der Waals surface area contributed by atoms with Gasteiger partial charge in [-0.15, -0.1) is 0 Å². The third-order valence-electron chi connectivity index (χ3n) is 6.25. The molecule has 2 amide bonds. The number of nitrogens with zero attached hydrogens (tertiary/aromatic N) is 4. The van der Waals surface area contributed by atoms with Gasteiger partial charge in [-0.25, -0.2) is 4.39 Å². The number of fused-ring (bicyclic) bond motifs is 2. The number of halogens is 1. The van der Waals surface area contributed by atoms with E-state index in [2.05, 4.69) is 11.0 Å². The molecule has 3 aliphatic heterocycles. The first-order chi connectivity index (χ1) is 13.5. The SMILES string of the molecule is CC(CN1C[C@@H]2C[C@H]1C(=O)N2Cc1cccc(F)c1)C(=O)N1CCC[C@H]1C#N. The van der Waals surface area contributed by atoms with Crippen molar-refractivity contribution in [3.63, 3.8) is 0 Å². The molecule has 0 saturated carbocycles. The Kier molecular flexibility index (Phi) is 5.07. The highest BCUT2D eigenvalue weighted by molar-refractivity contribution is 5.86. The fraction of sp³-hybridized carbons (Fsp3) is 0.571. The lowest BCUT2D eigenvalue weighted by atomic mass is 10.1. The van der Waals surface area contributed by atoms with Crippen molar-refractivity contribution in [1.82, 2.24) is 14.7 Å². The van der Waals surface area contributed by atoms with E-state index in [4.69, 9.17) is 0 Å². The highest BCUT2D eigenvalue weighted by Crippen LogP contribution is 2.34. The number of likely N-dealkylation sites (tertiary alicyclic amines) is 3. The van der Waals surface area contributed by atoms with Crippen LogP contribution in [0.3, 0.4) is 0 Å². The minimum absolute atomic E-state index is 0.0101. The van der Waals surface area contributed by atoms with Crippen LogP contribution in [0.25, 0.3) is 0 Å². The van der Waals surface area contributed by atoms with Crippen LogP contribution in [-0.4, -0.2) is 64.3 Å². The Morgan fingerprint density at radius 2 is 2.25 bits per heavy atom. The first-order valence-corrected chi connectivity index (χ1v) is 9.97. The Morgan fingerprint density at radius 3 is 2.96 bits per heavy atom. The second kappa shape index (κ2) is 7.51. The monoisotopic (exact) mass is 384 g/mol. The molecule has 0 spiro atoms. The fourth-order valence-electron chi connectivity index (χ4n) is 4.85. The van der Waals surface area contributed by atoms with Gasteiger partial charge in [-0.3, -0.25) is 14.5 Å². The number of carbonyl (C=O) groups excluding carboxylic acids is 2. The van der Waals surface area contributed by atoms with Gasteiger partial charge in [0, 0.05) is 38.1 Å². The molecule has 3 aliphatic rings. The first-order valence-electron chi connectivity index (χ1n) is 9.97. The normalized spacial score (nSPS) is 28.0. The number of amides is 2. The number of hydrogen-bond donors (Lipinski definition) is 0. The maximum atomic E-state index is 13.4. The van der Waals surface area contributed by atoms with Crippen molar-refractivity contribution in [2.24, 2.45) is 5.92 Å². The Hall–Kier alpha value is -2.46. The molecule has 0 aromatic heterocycles. The van der Waals surface area contributed by atoms with E-state index in [0.717, 1.165) is 31.4 Å². The van der Waals surface area contributed by atoms with E-state index in [9.17, 15) is 19.2 Å². The van der Waals surface area contributed by atoms with E-state index >= 15 is 0 Å². The minimum Gasteiger partial charge on any atom is -0.333 e. The zero-order valence-corrected chi connectivity index (χ0v) is 16.1. The van der Waals surface area contributed by atoms with Gasteiger partial charge < -0.3 is 9.80 Å². The molecule has 4 atom stereocenters. The number of rotatable bonds is 5. The molecule has 3 heterocycles. The van der Waals surface area contributed by atoms with Crippen LogP contribution in [0.2, 0.25) is 0 Å². The van der Waals surface area contributed by atoms with Crippen LogP contribution in [0.5, 0.6) is 0 Å². The summed E-state index contributed by atoms with van der Waals surface area (Å²) in [6.45, 7) is 4.24. The molecule has 2 bridgehead atoms. The summed E-state index contributed by atoms with van der Waals surface area (Å²) in [6.07, 6.45) is 2.38. The average molecular weight is 384 g/mol. The zero-order valence-electron chi connectivity index (χ0n) is 16.1. The molecule has 28 heavy (non-hydrogen) atoms. The van der Waals surface area contributed by atoms with E-state index in [1.54, 1.807) is 11.0 Å². The van der Waals surface area contributed by atoms with Crippen molar-refractivity contribution in [2.75, 3.05) is 19.6 Å². The summed E-state index contributed by atoms with van der Waals surface area (Å²) in [5, 5.41) is 9.21. The molecule has 1 aromatic rings. The average Bonchev–Trinajstić information content (AvgIpc) is 3.37. The van der Waals surface area contributed by atoms with Crippen LogP contribution in [0.15, 0.2) is 24.3 Å². The lowest BCUT2D eigenvalue weighted by molar-refractivity contribution is -0.140. The smallest absolute Gasteiger partial charge is 0.240 e. The summed E-state index contributed by atoms with van der Waals surface area (Å²) < 4.78 is 13.4. The Labute approximate surface area is 164 Å². The van der Waals surface area contributed by atoms with Gasteiger partial charge in [-0.05, 0) is 37.0 Å². The molecular weight excluding hydrogens is 359 g/mol. The Bertz CT molecular complexity index is 823. The summed E-state index contributed by atoms with van der Waals surface area (Å²) in [4.78, 5) is 31.2. The zero-order chi connectivity index (χ0) is 19.8. The van der Waals surface area contributed by atoms with E-state index in [0.29, 0.717) is 19.6 Å². The van der Waals surface area contributed by atoms with Gasteiger partial charge in [-0.1, -0.05) is 19.1 Å². The third kappa shape index (κ3) is 3.37. The highest BCUT2D eigenvalue weighted by atomic mass is 19.1. The quantitative estimate of drug-likeness (QED) is 0.776. The molecule has 3 saturated heterocycles. The maximum absolute atomic E-state index is 13.4. The van der Waals surface area contributed by atoms with Crippen LogP contribution in [0.4, 0.5) is 4.39 Å². The summed E-state index contributed by atoms with van der Waals surface area (Å²) in [7, 11) is 0. The maximum Gasteiger partial charge on any atom is 0.240 e. The number of piperazine rings is 1. The standard InChI is InChI=1S/C21H25FN4O2/c1-14(20(27)25-7-3-6-17(25)10-23)11-24-13-18-9-19(24)21(28)26(18)12-15-4-2-5-16(22)8-15/h2,4-5,8,14,17-19H,3,6-7,9,11-13H2,1H3/t14?,17-,18-,19-/m0/s1. The molecule has 148 valence electrons. The van der Waals surface area contributed by atoms with Gasteiger partial charge in [-0.2, -0.15) is 5.26 Å². The summed E-state index contributed by atoms with van der Waals surface area (Å²) in [5.74, 6) is -0.453. The lowest BCUT2D eigenvalue weighted by Gasteiger charge is -2.35. The van der Waals surface area contributed by atoms with Crippen LogP contribution >= 0.6 is 0 Å². The van der Waals surface area contributed by atoms with Crippen LogP contribution in [0.1, 0.15) is 31.7 Å². The third-order valence-corrected chi connectivity index (χ3v) is 6.25. The van der Waals surface area contributed by atoms with E-state index < -0.39 is 0 Å². The van der Waals surface area contributed by atoms with Crippen molar-refractivity contribution in [1.29, 1.82) is 5.26 Å². The Morgan fingerprint density at radius 1 is 1.43 bits per heavy atom. The van der Waals surface area contributed by atoms with Crippen molar-refractivity contribution in [3.05, 3.63) is 35.6 Å². The van der Waals surface area contributed by atoms with Crippen LogP contribution in [-0.2, 0) is 16.1 Å². The molecule has 6 nitrogen and oxygen atoms in total. The number of carbonyl (C=O) groups is 2. The predicted octanol–water partition coefficient (Wildman–Crippen LogP) is 1.76. The summed E-state index contributed by atoms with van der Waals surface area (Å²) >= 11 is 0. The van der Waals surface area contributed by atoms with Gasteiger partial charge in [0.2, 0.25) is 11.8 Å². The number of hydrogen-bond acceptors (Lipinski definition) is 4. The topological polar surface area (TPSA) is 67.7 Å². The van der Waals surface area contributed by atoms with Gasteiger partial charge in [0.15, 0.2) is 0 Å². The van der Waals surface area contributed by atoms with Gasteiger partial charge >= 0.3 is 0 Å². The van der Waals surface area contributed by atoms with Crippen LogP contribution in [0, 0.1) is 23.1 Å². The Balaban J connectivity index is 1.36. The highest BCUT2D eigenvalue weighted by Gasteiger charge is 2.49. The van der Waals surface area contributed by atoms with E-state index in [1.165, 1.54) is 12.1 Å². The van der Waals surface area contributed by atoms with Crippen molar-refractivity contribution in [3.8, 4) is 6.07 Å². The number of benzene rings is 1. The largest absolute Gasteiger partial charge is 0.333 e. The van der Waals surface area contributed by atoms with Crippen molar-refractivity contribution in [2.45, 2.75) is 50.9 Å². The molecule has 4 rings (SSSR count). The van der Waals surface area contributed by atoms with Gasteiger partial charge in [0.25, 0.3) is 0 Å². The lowest BCUT2D eigenvalue weighted by Crippen LogP contribution is -2.52. The fourth-order valence-corrected chi connectivity index (χ4v) is 4.85. The van der Waals surface area contributed by atoms with E-state index in [-0.39, 0.29) is 41.7 Å². The minimum atomic E-state index is -0.312. The summed E-state index contributed by atoms with van der Waals surface area (Å²) in [6, 6.07) is 8.19.